The molecule has 0 aliphatic heterocycles. The second kappa shape index (κ2) is 11.6. The van der Waals surface area contributed by atoms with Crippen molar-refractivity contribution in [1.82, 2.24) is 0 Å². The Labute approximate surface area is 209 Å². The van der Waals surface area contributed by atoms with Gasteiger partial charge in [0.25, 0.3) is 0 Å². The molecule has 0 aromatic heterocycles. The first-order valence-electron chi connectivity index (χ1n) is 13.5. The summed E-state index contributed by atoms with van der Waals surface area (Å²) in [5.41, 5.74) is 4.75. The topological polar surface area (TPSA) is 0 Å². The van der Waals surface area contributed by atoms with Crippen LogP contribution < -0.4 is 0 Å². The van der Waals surface area contributed by atoms with E-state index in [-0.39, 0.29) is 0 Å². The Bertz CT molecular complexity index is 407. The Morgan fingerprint density at radius 1 is 0.379 bits per heavy atom. The predicted molar refractivity (Wildman–Crippen MR) is 157 cm³/mol. The van der Waals surface area contributed by atoms with Crippen molar-refractivity contribution in [3.63, 3.8) is 0 Å². The number of hydrogen-bond acceptors (Lipinski definition) is 0. The number of rotatable bonds is 6. The molecule has 172 valence electrons. The Kier molecular flexibility index (Phi) is 9.81. The van der Waals surface area contributed by atoms with Crippen LogP contribution in [0.1, 0.15) is 128 Å². The molecule has 29 heavy (non-hydrogen) atoms. The molecule has 0 spiro atoms. The summed E-state index contributed by atoms with van der Waals surface area (Å²) in [4.78, 5) is -2.45. The van der Waals surface area contributed by atoms with Crippen LogP contribution in [0.2, 0.25) is 0 Å². The van der Waals surface area contributed by atoms with Gasteiger partial charge in [-0.3, -0.25) is 0 Å². The van der Waals surface area contributed by atoms with Gasteiger partial charge in [0.2, 0.25) is 0 Å². The molecule has 4 heteroatoms. The quantitative estimate of drug-likeness (QED) is 0.196. The van der Waals surface area contributed by atoms with Crippen LogP contribution in [0.15, 0.2) is 0 Å². The van der Waals surface area contributed by atoms with Crippen molar-refractivity contribution in [2.24, 2.45) is 0 Å². The third-order valence-corrected chi connectivity index (χ3v) is 39.2. The monoisotopic (exact) mass is 664 g/mol. The van der Waals surface area contributed by atoms with Crippen molar-refractivity contribution >= 4 is 53.9 Å². The fraction of sp³-hybridized carbons (Fsp3) is 1.00. The van der Waals surface area contributed by atoms with Gasteiger partial charge in [-0.1, -0.05) is 0 Å². The normalized spacial score (nSPS) is 29.0. The van der Waals surface area contributed by atoms with E-state index in [9.17, 15) is 0 Å². The first-order chi connectivity index (χ1) is 14.1. The molecule has 0 radical (unpaired) electrons. The Morgan fingerprint density at radius 2 is 0.586 bits per heavy atom. The van der Waals surface area contributed by atoms with Gasteiger partial charge < -0.3 is 0 Å². The molecule has 0 saturated heterocycles. The molecule has 0 unspecified atom stereocenters. The molecule has 0 N–H and O–H groups in total. The number of halogens is 2. The average molecular weight is 664 g/mol. The molecule has 4 aliphatic carbocycles. The summed E-state index contributed by atoms with van der Waals surface area (Å²) < 4.78 is 0. The van der Waals surface area contributed by atoms with Crippen molar-refractivity contribution in [1.29, 1.82) is 0 Å². The Balaban J connectivity index is 1.62. The fourth-order valence-electron chi connectivity index (χ4n) is 7.99. The molecule has 0 atom stereocenters. The van der Waals surface area contributed by atoms with Gasteiger partial charge in [-0.2, -0.15) is 0 Å². The fourth-order valence-corrected chi connectivity index (χ4v) is 48.1. The van der Waals surface area contributed by atoms with E-state index in [1.54, 1.807) is 128 Å². The van der Waals surface area contributed by atoms with Crippen LogP contribution in [0, 0.1) is 0 Å². The molecular formula is C25H48I2P2. The molecule has 0 amide bonds. The van der Waals surface area contributed by atoms with E-state index in [4.69, 9.17) is 0 Å². The molecule has 0 aromatic carbocycles. The summed E-state index contributed by atoms with van der Waals surface area (Å²) in [6.07, 6.45) is 31.7. The van der Waals surface area contributed by atoms with Crippen LogP contribution in [0.4, 0.5) is 0 Å². The number of hydrogen-bond donors (Lipinski definition) is 0. The summed E-state index contributed by atoms with van der Waals surface area (Å²) in [7, 11) is 0. The summed E-state index contributed by atoms with van der Waals surface area (Å²) in [5, 5.41) is 0. The van der Waals surface area contributed by atoms with Gasteiger partial charge in [-0.25, -0.2) is 0 Å². The molecule has 0 nitrogen and oxygen atoms in total. The van der Waals surface area contributed by atoms with E-state index < -0.39 is 9.81 Å². The second-order valence-electron chi connectivity index (χ2n) is 11.4. The molecule has 4 fully saturated rings. The molecule has 0 aromatic rings. The van der Waals surface area contributed by atoms with Gasteiger partial charge in [-0.05, 0) is 0 Å². The van der Waals surface area contributed by atoms with Gasteiger partial charge in [0.1, 0.15) is 0 Å². The van der Waals surface area contributed by atoms with E-state index in [2.05, 4.69) is 44.1 Å². The zero-order chi connectivity index (χ0) is 20.2. The van der Waals surface area contributed by atoms with Crippen molar-refractivity contribution in [2.45, 2.75) is 151 Å². The Morgan fingerprint density at radius 3 is 0.793 bits per heavy atom. The minimum atomic E-state index is -1.23. The molecule has 4 saturated carbocycles. The summed E-state index contributed by atoms with van der Waals surface area (Å²) >= 11 is 6.60. The van der Waals surface area contributed by atoms with Crippen molar-refractivity contribution in [2.75, 3.05) is 5.90 Å². The molecular weight excluding hydrogens is 616 g/mol. The molecule has 0 heterocycles. The van der Waals surface area contributed by atoms with Gasteiger partial charge in [-0.15, -0.1) is 0 Å². The maximum absolute atomic E-state index is 3.30. The van der Waals surface area contributed by atoms with Crippen LogP contribution in [0.5, 0.6) is 0 Å². The average Bonchev–Trinajstić information content (AvgIpc) is 2.81. The Hall–Kier alpha value is 2.32. The van der Waals surface area contributed by atoms with Gasteiger partial charge in [0.15, 0.2) is 0 Å². The van der Waals surface area contributed by atoms with E-state index in [0.717, 1.165) is 0 Å². The maximum atomic E-state index is 3.30. The summed E-state index contributed by atoms with van der Waals surface area (Å²) in [6.45, 7) is 0. The first-order valence-corrected chi connectivity index (χ1v) is 24.5. The van der Waals surface area contributed by atoms with Crippen LogP contribution >= 0.6 is 53.9 Å². The minimum absolute atomic E-state index is 1.19. The van der Waals surface area contributed by atoms with Crippen molar-refractivity contribution < 1.29 is 0 Å². The molecule has 4 aliphatic rings. The van der Waals surface area contributed by atoms with Gasteiger partial charge in [0, 0.05) is 0 Å². The van der Waals surface area contributed by atoms with E-state index >= 15 is 0 Å². The van der Waals surface area contributed by atoms with Gasteiger partial charge >= 0.3 is 211 Å². The van der Waals surface area contributed by atoms with Crippen molar-refractivity contribution in [3.05, 3.63) is 0 Å². The molecule has 0 bridgehead atoms. The standard InChI is InChI=1S/C25H48I2P2/c26-28(22-13-5-1-6-14-22,23-15-7-2-8-16-23)21-29(27,24-17-9-3-10-18-24)25-19-11-4-12-20-25/h22-25,28-29H,1-21H2. The summed E-state index contributed by atoms with van der Waals surface area (Å²) in [6, 6.07) is 0. The zero-order valence-corrected chi connectivity index (χ0v) is 25.2. The van der Waals surface area contributed by atoms with Gasteiger partial charge in [0.05, 0.1) is 0 Å². The zero-order valence-electron chi connectivity index (χ0n) is 18.9. The second-order valence-corrected chi connectivity index (χ2v) is 31.8. The SMILES string of the molecule is I[PH](C[PH](I)(C1CCCCC1)C1CCCCC1)(C1CCCCC1)C1CCCCC1. The van der Waals surface area contributed by atoms with Crippen molar-refractivity contribution in [3.8, 4) is 0 Å². The first kappa shape index (κ1) is 24.4. The third-order valence-electron chi connectivity index (χ3n) is 9.68. The predicted octanol–water partition coefficient (Wildman–Crippen LogP) is 10.5. The summed E-state index contributed by atoms with van der Waals surface area (Å²) in [5.74, 6) is 1.84. The van der Waals surface area contributed by atoms with Crippen LogP contribution in [0.25, 0.3) is 0 Å². The van der Waals surface area contributed by atoms with Crippen LogP contribution in [-0.2, 0) is 0 Å². The van der Waals surface area contributed by atoms with E-state index in [1.165, 1.54) is 22.6 Å². The van der Waals surface area contributed by atoms with E-state index in [1.807, 2.05) is 5.90 Å². The molecule has 4 rings (SSSR count). The third kappa shape index (κ3) is 5.88. The van der Waals surface area contributed by atoms with Crippen LogP contribution in [-0.4, -0.2) is 28.5 Å². The van der Waals surface area contributed by atoms with E-state index in [0.29, 0.717) is 0 Å². The van der Waals surface area contributed by atoms with Crippen LogP contribution in [0.3, 0.4) is 0 Å².